The molecule has 3 N–H and O–H groups in total. The quantitative estimate of drug-likeness (QED) is 0.625. The van der Waals surface area contributed by atoms with Crippen LogP contribution in [0.15, 0.2) is 29.2 Å². The Hall–Kier alpha value is -1.44. The number of benzene rings is 1. The number of unbranched alkanes of at least 4 members (excludes halogenated alkanes) is 1. The van der Waals surface area contributed by atoms with Gasteiger partial charge in [-0.15, -0.1) is 0 Å². The third kappa shape index (κ3) is 4.10. The highest BCUT2D eigenvalue weighted by atomic mass is 32.2. The fourth-order valence-corrected chi connectivity index (χ4v) is 2.44. The first-order valence-electron chi connectivity index (χ1n) is 5.41. The Morgan fingerprint density at radius 3 is 2.61 bits per heavy atom. The highest BCUT2D eigenvalue weighted by Crippen LogP contribution is 2.11. The minimum atomic E-state index is -3.69. The number of hydrogen-bond donors (Lipinski definition) is 3. The lowest BCUT2D eigenvalue weighted by Crippen LogP contribution is -2.25. The average Bonchev–Trinajstić information content (AvgIpc) is 2.35. The van der Waals surface area contributed by atoms with E-state index in [1.54, 1.807) is 0 Å². The summed E-state index contributed by atoms with van der Waals surface area (Å²) in [5, 5.41) is 17.3. The van der Waals surface area contributed by atoms with Crippen LogP contribution in [0.1, 0.15) is 23.2 Å². The Morgan fingerprint density at radius 2 is 2.00 bits per heavy atom. The van der Waals surface area contributed by atoms with Crippen molar-refractivity contribution in [2.45, 2.75) is 17.7 Å². The monoisotopic (exact) mass is 273 g/mol. The number of nitrogens with one attached hydrogen (secondary N) is 1. The molecule has 0 fully saturated rings. The maximum absolute atomic E-state index is 11.8. The molecule has 0 radical (unpaired) electrons. The van der Waals surface area contributed by atoms with Crippen molar-refractivity contribution < 1.29 is 23.4 Å². The molecule has 18 heavy (non-hydrogen) atoms. The Bertz CT molecular complexity index is 512. The number of carboxylic acids is 1. The van der Waals surface area contributed by atoms with Crippen molar-refractivity contribution in [1.82, 2.24) is 4.72 Å². The van der Waals surface area contributed by atoms with Crippen LogP contribution >= 0.6 is 0 Å². The van der Waals surface area contributed by atoms with Crippen molar-refractivity contribution in [3.8, 4) is 0 Å². The van der Waals surface area contributed by atoms with Crippen LogP contribution in [-0.4, -0.2) is 37.8 Å². The van der Waals surface area contributed by atoms with Gasteiger partial charge in [-0.2, -0.15) is 0 Å². The van der Waals surface area contributed by atoms with Gasteiger partial charge in [-0.3, -0.25) is 0 Å². The molecule has 0 aliphatic rings. The zero-order valence-corrected chi connectivity index (χ0v) is 10.5. The molecule has 7 heteroatoms. The lowest BCUT2D eigenvalue weighted by molar-refractivity contribution is 0.0696. The lowest BCUT2D eigenvalue weighted by Gasteiger charge is -2.06. The van der Waals surface area contributed by atoms with E-state index in [1.807, 2.05) is 0 Å². The van der Waals surface area contributed by atoms with E-state index < -0.39 is 16.0 Å². The Morgan fingerprint density at radius 1 is 1.28 bits per heavy atom. The molecule has 0 aromatic heterocycles. The summed E-state index contributed by atoms with van der Waals surface area (Å²) in [7, 11) is -3.69. The van der Waals surface area contributed by atoms with Crippen LogP contribution in [0.5, 0.6) is 0 Å². The van der Waals surface area contributed by atoms with Crippen LogP contribution in [-0.2, 0) is 10.0 Å². The van der Waals surface area contributed by atoms with Crippen LogP contribution in [0.25, 0.3) is 0 Å². The maximum Gasteiger partial charge on any atom is 0.335 e. The largest absolute Gasteiger partial charge is 0.478 e. The maximum atomic E-state index is 11.8. The van der Waals surface area contributed by atoms with Gasteiger partial charge < -0.3 is 10.2 Å². The molecule has 0 bridgehead atoms. The summed E-state index contributed by atoms with van der Waals surface area (Å²) in [6.07, 6.45) is 1.03. The number of carboxylic acid groups (broad SMARTS) is 1. The number of hydrogen-bond acceptors (Lipinski definition) is 4. The molecule has 1 aromatic rings. The van der Waals surface area contributed by atoms with Crippen LogP contribution in [0.4, 0.5) is 0 Å². The van der Waals surface area contributed by atoms with Crippen molar-refractivity contribution in [3.63, 3.8) is 0 Å². The number of aliphatic hydroxyl groups is 1. The average molecular weight is 273 g/mol. The second-order valence-corrected chi connectivity index (χ2v) is 5.43. The van der Waals surface area contributed by atoms with Crippen molar-refractivity contribution in [3.05, 3.63) is 29.8 Å². The van der Waals surface area contributed by atoms with Gasteiger partial charge in [0.15, 0.2) is 0 Å². The first-order chi connectivity index (χ1) is 8.47. The third-order valence-electron chi connectivity index (χ3n) is 2.27. The molecule has 100 valence electrons. The summed E-state index contributed by atoms with van der Waals surface area (Å²) in [6, 6.07) is 5.15. The molecule has 0 aliphatic carbocycles. The van der Waals surface area contributed by atoms with E-state index in [-0.39, 0.29) is 23.6 Å². The van der Waals surface area contributed by atoms with Crippen molar-refractivity contribution in [2.24, 2.45) is 0 Å². The molecule has 0 spiro atoms. The zero-order valence-electron chi connectivity index (χ0n) is 9.67. The Balaban J connectivity index is 2.78. The molecule has 0 atom stereocenters. The van der Waals surface area contributed by atoms with Gasteiger partial charge in [0.2, 0.25) is 10.0 Å². The van der Waals surface area contributed by atoms with Gasteiger partial charge in [0, 0.05) is 13.2 Å². The van der Waals surface area contributed by atoms with Gasteiger partial charge >= 0.3 is 5.97 Å². The first-order valence-corrected chi connectivity index (χ1v) is 6.89. The van der Waals surface area contributed by atoms with Gasteiger partial charge in [-0.05, 0) is 31.0 Å². The molecule has 0 unspecified atom stereocenters. The van der Waals surface area contributed by atoms with Gasteiger partial charge in [-0.25, -0.2) is 17.9 Å². The molecular formula is C11H15NO5S. The van der Waals surface area contributed by atoms with Crippen LogP contribution in [0.3, 0.4) is 0 Å². The standard InChI is InChI=1S/C11H15NO5S/c13-7-2-1-6-12-18(16,17)10-5-3-4-9(8-10)11(14)15/h3-5,8,12-13H,1-2,6-7H2,(H,14,15). The van der Waals surface area contributed by atoms with Gasteiger partial charge in [-0.1, -0.05) is 6.07 Å². The number of aromatic carboxylic acids is 1. The minimum absolute atomic E-state index is 0.0101. The summed E-state index contributed by atoms with van der Waals surface area (Å²) in [6.45, 7) is 0.219. The summed E-state index contributed by atoms with van der Waals surface area (Å²) < 4.78 is 26.0. The van der Waals surface area contributed by atoms with Crippen molar-refractivity contribution in [2.75, 3.05) is 13.2 Å². The Kier molecular flexibility index (Phi) is 5.26. The predicted octanol–water partition coefficient (Wildman–Crippen LogP) is 0.436. The van der Waals surface area contributed by atoms with E-state index in [0.717, 1.165) is 6.07 Å². The topological polar surface area (TPSA) is 104 Å². The molecule has 0 aliphatic heterocycles. The van der Waals surface area contributed by atoms with E-state index in [2.05, 4.69) is 4.72 Å². The van der Waals surface area contributed by atoms with Crippen LogP contribution in [0, 0.1) is 0 Å². The normalized spacial score (nSPS) is 11.4. The molecule has 6 nitrogen and oxygen atoms in total. The smallest absolute Gasteiger partial charge is 0.335 e. The Labute approximate surface area is 105 Å². The molecule has 0 heterocycles. The van der Waals surface area contributed by atoms with Crippen LogP contribution < -0.4 is 4.72 Å². The second-order valence-electron chi connectivity index (χ2n) is 3.66. The molecule has 0 saturated heterocycles. The predicted molar refractivity (Wildman–Crippen MR) is 64.9 cm³/mol. The van der Waals surface area contributed by atoms with E-state index in [0.29, 0.717) is 12.8 Å². The molecular weight excluding hydrogens is 258 g/mol. The number of aliphatic hydroxyl groups excluding tert-OH is 1. The SMILES string of the molecule is O=C(O)c1cccc(S(=O)(=O)NCCCCO)c1. The summed E-state index contributed by atoms with van der Waals surface area (Å²) in [4.78, 5) is 10.7. The molecule has 1 rings (SSSR count). The lowest BCUT2D eigenvalue weighted by atomic mass is 10.2. The molecule has 1 aromatic carbocycles. The summed E-state index contributed by atoms with van der Waals surface area (Å²) in [5.74, 6) is -1.17. The van der Waals surface area contributed by atoms with Gasteiger partial charge in [0.05, 0.1) is 10.5 Å². The highest BCUT2D eigenvalue weighted by Gasteiger charge is 2.15. The van der Waals surface area contributed by atoms with Gasteiger partial charge in [0.1, 0.15) is 0 Å². The summed E-state index contributed by atoms with van der Waals surface area (Å²) >= 11 is 0. The third-order valence-corrected chi connectivity index (χ3v) is 3.73. The van der Waals surface area contributed by atoms with E-state index in [1.165, 1.54) is 18.2 Å². The summed E-state index contributed by atoms with van der Waals surface area (Å²) in [5.41, 5.74) is -0.0757. The fraction of sp³-hybridized carbons (Fsp3) is 0.364. The van der Waals surface area contributed by atoms with Crippen molar-refractivity contribution in [1.29, 1.82) is 0 Å². The van der Waals surface area contributed by atoms with Crippen LogP contribution in [0.2, 0.25) is 0 Å². The first kappa shape index (κ1) is 14.6. The van der Waals surface area contributed by atoms with E-state index >= 15 is 0 Å². The van der Waals surface area contributed by atoms with Crippen molar-refractivity contribution >= 4 is 16.0 Å². The second kappa shape index (κ2) is 6.48. The van der Waals surface area contributed by atoms with Gasteiger partial charge in [0.25, 0.3) is 0 Å². The number of carbonyl (C=O) groups is 1. The zero-order chi connectivity index (χ0) is 13.6. The fourth-order valence-electron chi connectivity index (χ4n) is 1.32. The molecule has 0 amide bonds. The minimum Gasteiger partial charge on any atom is -0.478 e. The number of sulfonamides is 1. The highest BCUT2D eigenvalue weighted by molar-refractivity contribution is 7.89. The number of rotatable bonds is 7. The van der Waals surface area contributed by atoms with E-state index in [9.17, 15) is 13.2 Å². The molecule has 0 saturated carbocycles. The van der Waals surface area contributed by atoms with E-state index in [4.69, 9.17) is 10.2 Å².